The van der Waals surface area contributed by atoms with Crippen molar-refractivity contribution in [2.75, 3.05) is 0 Å². The SMILES string of the molecule is Fc1ccc(OCc2nnn[n-]2)c(F)c1. The fraction of sp³-hybridized carbons (Fsp3) is 0.125. The second kappa shape index (κ2) is 3.99. The first-order valence-corrected chi connectivity index (χ1v) is 4.01. The summed E-state index contributed by atoms with van der Waals surface area (Å²) in [5.74, 6) is -1.27. The topological polar surface area (TPSA) is 62.0 Å². The van der Waals surface area contributed by atoms with Gasteiger partial charge < -0.3 is 9.84 Å². The summed E-state index contributed by atoms with van der Waals surface area (Å²) >= 11 is 0. The summed E-state index contributed by atoms with van der Waals surface area (Å²) in [4.78, 5) is 0. The first kappa shape index (κ1) is 9.50. The predicted molar refractivity (Wildman–Crippen MR) is 43.8 cm³/mol. The summed E-state index contributed by atoms with van der Waals surface area (Å²) in [7, 11) is 0. The Balaban J connectivity index is 2.05. The van der Waals surface area contributed by atoms with Crippen molar-refractivity contribution in [2.24, 2.45) is 0 Å². The Morgan fingerprint density at radius 1 is 1.33 bits per heavy atom. The Morgan fingerprint density at radius 2 is 2.20 bits per heavy atom. The van der Waals surface area contributed by atoms with Gasteiger partial charge in [0.25, 0.3) is 0 Å². The molecule has 1 aromatic heterocycles. The number of nitrogens with zero attached hydrogens (tertiary/aromatic N) is 4. The van der Waals surface area contributed by atoms with Gasteiger partial charge in [-0.2, -0.15) is 5.21 Å². The van der Waals surface area contributed by atoms with Crippen LogP contribution >= 0.6 is 0 Å². The highest BCUT2D eigenvalue weighted by molar-refractivity contribution is 5.24. The molecule has 5 nitrogen and oxygen atoms in total. The predicted octanol–water partition coefficient (Wildman–Crippen LogP) is 0.686. The van der Waals surface area contributed by atoms with E-state index in [9.17, 15) is 8.78 Å². The molecule has 1 heterocycles. The third-order valence-corrected chi connectivity index (χ3v) is 1.61. The lowest BCUT2D eigenvalue weighted by Gasteiger charge is -2.06. The fourth-order valence-corrected chi connectivity index (χ4v) is 0.956. The molecule has 0 radical (unpaired) electrons. The largest absolute Gasteiger partial charge is 0.485 e. The van der Waals surface area contributed by atoms with Gasteiger partial charge in [0.2, 0.25) is 0 Å². The van der Waals surface area contributed by atoms with E-state index in [1.807, 2.05) is 0 Å². The standard InChI is InChI=1S/C8H5F2N4O/c9-5-1-2-7(6(10)3-5)15-4-8-11-13-14-12-8/h1-3H,4H2/q-1. The molecule has 0 aliphatic carbocycles. The van der Waals surface area contributed by atoms with Gasteiger partial charge >= 0.3 is 0 Å². The number of ether oxygens (including phenoxy) is 1. The van der Waals surface area contributed by atoms with Crippen LogP contribution in [0.1, 0.15) is 5.82 Å². The van der Waals surface area contributed by atoms with E-state index in [0.29, 0.717) is 0 Å². The molecular formula is C8H5F2N4O-. The highest BCUT2D eigenvalue weighted by Crippen LogP contribution is 2.18. The van der Waals surface area contributed by atoms with Crippen LogP contribution in [-0.4, -0.2) is 15.5 Å². The van der Waals surface area contributed by atoms with Crippen molar-refractivity contribution >= 4 is 0 Å². The molecule has 0 saturated heterocycles. The molecule has 2 rings (SSSR count). The van der Waals surface area contributed by atoms with Crippen LogP contribution in [-0.2, 0) is 6.61 Å². The minimum atomic E-state index is -0.775. The second-order valence-corrected chi connectivity index (χ2v) is 2.66. The third kappa shape index (κ3) is 2.25. The van der Waals surface area contributed by atoms with E-state index in [2.05, 4.69) is 20.6 Å². The van der Waals surface area contributed by atoms with Gasteiger partial charge in [0.1, 0.15) is 12.4 Å². The maximum atomic E-state index is 13.0. The van der Waals surface area contributed by atoms with Crippen molar-refractivity contribution in [3.63, 3.8) is 0 Å². The Labute approximate surface area is 83.1 Å². The van der Waals surface area contributed by atoms with Crippen LogP contribution in [0.15, 0.2) is 18.2 Å². The van der Waals surface area contributed by atoms with Gasteiger partial charge in [-0.3, -0.25) is 10.3 Å². The van der Waals surface area contributed by atoms with Crippen LogP contribution in [0, 0.1) is 11.6 Å². The Morgan fingerprint density at radius 3 is 2.87 bits per heavy atom. The first-order chi connectivity index (χ1) is 7.25. The summed E-state index contributed by atoms with van der Waals surface area (Å²) in [5.41, 5.74) is 0. The summed E-state index contributed by atoms with van der Waals surface area (Å²) in [5, 5.41) is 13.4. The number of rotatable bonds is 3. The van der Waals surface area contributed by atoms with Crippen LogP contribution in [0.25, 0.3) is 0 Å². The van der Waals surface area contributed by atoms with Gasteiger partial charge in [0, 0.05) is 11.9 Å². The first-order valence-electron chi connectivity index (χ1n) is 4.01. The number of aromatic nitrogens is 4. The highest BCUT2D eigenvalue weighted by Gasteiger charge is 2.04. The van der Waals surface area contributed by atoms with Crippen LogP contribution in [0.3, 0.4) is 0 Å². The summed E-state index contributed by atoms with van der Waals surface area (Å²) in [6.07, 6.45) is 0. The normalized spacial score (nSPS) is 10.3. The molecule has 0 atom stereocenters. The summed E-state index contributed by atoms with van der Waals surface area (Å²) < 4.78 is 30.6. The van der Waals surface area contributed by atoms with Crippen molar-refractivity contribution in [3.8, 4) is 5.75 Å². The Kier molecular flexibility index (Phi) is 2.53. The van der Waals surface area contributed by atoms with Crippen molar-refractivity contribution in [3.05, 3.63) is 35.7 Å². The smallest absolute Gasteiger partial charge is 0.167 e. The molecule has 0 amide bonds. The molecule has 0 saturated carbocycles. The quantitative estimate of drug-likeness (QED) is 0.747. The van der Waals surface area contributed by atoms with Crippen molar-refractivity contribution in [1.29, 1.82) is 0 Å². The van der Waals surface area contributed by atoms with Crippen LogP contribution in [0.2, 0.25) is 0 Å². The molecule has 0 aliphatic heterocycles. The zero-order chi connectivity index (χ0) is 10.7. The van der Waals surface area contributed by atoms with Crippen LogP contribution in [0.5, 0.6) is 5.75 Å². The molecule has 2 aromatic rings. The third-order valence-electron chi connectivity index (χ3n) is 1.61. The maximum Gasteiger partial charge on any atom is 0.167 e. The number of halogens is 2. The van der Waals surface area contributed by atoms with Gasteiger partial charge in [0.15, 0.2) is 11.6 Å². The zero-order valence-electron chi connectivity index (χ0n) is 7.39. The van der Waals surface area contributed by atoms with Crippen LogP contribution < -0.4 is 9.84 Å². The highest BCUT2D eigenvalue weighted by atomic mass is 19.1. The lowest BCUT2D eigenvalue weighted by atomic mass is 10.3. The summed E-state index contributed by atoms with van der Waals surface area (Å²) in [6.45, 7) is -0.0600. The molecular weight excluding hydrogens is 206 g/mol. The van der Waals surface area contributed by atoms with E-state index >= 15 is 0 Å². The molecule has 1 aromatic carbocycles. The maximum absolute atomic E-state index is 13.0. The average Bonchev–Trinajstić information content (AvgIpc) is 2.69. The molecule has 0 spiro atoms. The number of hydrogen-bond donors (Lipinski definition) is 0. The van der Waals surface area contributed by atoms with E-state index in [4.69, 9.17) is 4.74 Å². The van der Waals surface area contributed by atoms with Gasteiger partial charge in [-0.05, 0) is 12.1 Å². The molecule has 7 heteroatoms. The van der Waals surface area contributed by atoms with Gasteiger partial charge in [-0.15, -0.1) is 0 Å². The molecule has 0 bridgehead atoms. The minimum absolute atomic E-state index is 0.0600. The average molecular weight is 211 g/mol. The second-order valence-electron chi connectivity index (χ2n) is 2.66. The van der Waals surface area contributed by atoms with Crippen molar-refractivity contribution in [2.45, 2.75) is 6.61 Å². The van der Waals surface area contributed by atoms with E-state index in [1.165, 1.54) is 6.07 Å². The monoisotopic (exact) mass is 211 g/mol. The molecule has 0 N–H and O–H groups in total. The number of benzene rings is 1. The van der Waals surface area contributed by atoms with Gasteiger partial charge in [0.05, 0.1) is 0 Å². The van der Waals surface area contributed by atoms with Crippen molar-refractivity contribution in [1.82, 2.24) is 20.6 Å². The fourth-order valence-electron chi connectivity index (χ4n) is 0.956. The van der Waals surface area contributed by atoms with E-state index in [0.717, 1.165) is 12.1 Å². The lowest BCUT2D eigenvalue weighted by molar-refractivity contribution is 0.279. The lowest BCUT2D eigenvalue weighted by Crippen LogP contribution is -2.00. The summed E-state index contributed by atoms with van der Waals surface area (Å²) in [6, 6.07) is 3.02. The van der Waals surface area contributed by atoms with E-state index < -0.39 is 11.6 Å². The Hall–Kier alpha value is -2.05. The Bertz CT molecular complexity index is 446. The molecule has 0 fully saturated rings. The van der Waals surface area contributed by atoms with E-state index in [-0.39, 0.29) is 18.2 Å². The minimum Gasteiger partial charge on any atom is -0.485 e. The number of hydrogen-bond acceptors (Lipinski definition) is 4. The zero-order valence-corrected chi connectivity index (χ0v) is 7.39. The van der Waals surface area contributed by atoms with Gasteiger partial charge in [-0.1, -0.05) is 0 Å². The molecule has 15 heavy (non-hydrogen) atoms. The van der Waals surface area contributed by atoms with Crippen molar-refractivity contribution < 1.29 is 13.5 Å². The molecule has 0 aliphatic rings. The molecule has 78 valence electrons. The number of tetrazole rings is 1. The molecule has 0 unspecified atom stereocenters. The van der Waals surface area contributed by atoms with Crippen LogP contribution in [0.4, 0.5) is 8.78 Å². The van der Waals surface area contributed by atoms with Gasteiger partial charge in [-0.25, -0.2) is 8.78 Å². The van der Waals surface area contributed by atoms with E-state index in [1.54, 1.807) is 0 Å².